The zero-order valence-corrected chi connectivity index (χ0v) is 12.5. The zero-order valence-electron chi connectivity index (χ0n) is 12.5. The lowest BCUT2D eigenvalue weighted by molar-refractivity contribution is 0.216. The van der Waals surface area contributed by atoms with Crippen LogP contribution in [0.25, 0.3) is 0 Å². The standard InChI is InChI=1S/C17H27NO/c1-4-10-17(3,13-18-5-2)11-14-12-19-16-9-7-6-8-15(14)16/h6-9,14,18H,4-5,10-13H2,1-3H3. The summed E-state index contributed by atoms with van der Waals surface area (Å²) in [4.78, 5) is 0. The van der Waals surface area contributed by atoms with E-state index in [1.807, 2.05) is 0 Å². The van der Waals surface area contributed by atoms with E-state index in [0.717, 1.165) is 25.4 Å². The molecule has 0 bridgehead atoms. The molecule has 2 atom stereocenters. The van der Waals surface area contributed by atoms with Gasteiger partial charge in [-0.25, -0.2) is 0 Å². The molecule has 1 heterocycles. The van der Waals surface area contributed by atoms with Gasteiger partial charge in [-0.1, -0.05) is 45.4 Å². The molecule has 0 saturated heterocycles. The van der Waals surface area contributed by atoms with Crippen LogP contribution < -0.4 is 10.1 Å². The highest BCUT2D eigenvalue weighted by molar-refractivity contribution is 5.39. The molecule has 106 valence electrons. The Kier molecular flexibility index (Phi) is 4.87. The second kappa shape index (κ2) is 6.42. The lowest BCUT2D eigenvalue weighted by Gasteiger charge is -2.32. The summed E-state index contributed by atoms with van der Waals surface area (Å²) in [5.74, 6) is 1.65. The van der Waals surface area contributed by atoms with Gasteiger partial charge in [0.05, 0.1) is 6.61 Å². The van der Waals surface area contributed by atoms with Gasteiger partial charge in [0.15, 0.2) is 0 Å². The predicted molar refractivity (Wildman–Crippen MR) is 80.9 cm³/mol. The van der Waals surface area contributed by atoms with Gasteiger partial charge in [-0.3, -0.25) is 0 Å². The Morgan fingerprint density at radius 1 is 1.32 bits per heavy atom. The van der Waals surface area contributed by atoms with Crippen LogP contribution in [-0.2, 0) is 0 Å². The maximum Gasteiger partial charge on any atom is 0.122 e. The fourth-order valence-corrected chi connectivity index (χ4v) is 3.29. The van der Waals surface area contributed by atoms with Crippen molar-refractivity contribution in [2.75, 3.05) is 19.7 Å². The fraction of sp³-hybridized carbons (Fsp3) is 0.647. The van der Waals surface area contributed by atoms with Crippen LogP contribution in [0, 0.1) is 5.41 Å². The Labute approximate surface area is 117 Å². The van der Waals surface area contributed by atoms with Gasteiger partial charge in [0, 0.05) is 18.0 Å². The normalized spacial score (nSPS) is 20.7. The number of benzene rings is 1. The van der Waals surface area contributed by atoms with Crippen molar-refractivity contribution in [1.29, 1.82) is 0 Å². The molecule has 0 radical (unpaired) electrons. The number of hydrogen-bond donors (Lipinski definition) is 1. The van der Waals surface area contributed by atoms with Gasteiger partial charge in [-0.2, -0.15) is 0 Å². The van der Waals surface area contributed by atoms with Gasteiger partial charge in [0.1, 0.15) is 5.75 Å². The predicted octanol–water partition coefficient (Wildman–Crippen LogP) is 3.97. The minimum Gasteiger partial charge on any atom is -0.493 e. The average Bonchev–Trinajstić information content (AvgIpc) is 2.80. The first-order chi connectivity index (χ1) is 9.18. The average molecular weight is 261 g/mol. The molecule has 2 nitrogen and oxygen atoms in total. The van der Waals surface area contributed by atoms with E-state index in [1.165, 1.54) is 24.8 Å². The third kappa shape index (κ3) is 3.50. The third-order valence-electron chi connectivity index (χ3n) is 4.19. The quantitative estimate of drug-likeness (QED) is 0.802. The van der Waals surface area contributed by atoms with Gasteiger partial charge in [-0.05, 0) is 30.9 Å². The molecule has 2 unspecified atom stereocenters. The number of fused-ring (bicyclic) bond motifs is 1. The molecule has 19 heavy (non-hydrogen) atoms. The van der Waals surface area contributed by atoms with E-state index in [-0.39, 0.29) is 0 Å². The van der Waals surface area contributed by atoms with E-state index in [2.05, 4.69) is 50.4 Å². The molecule has 0 saturated carbocycles. The van der Waals surface area contributed by atoms with E-state index < -0.39 is 0 Å². The van der Waals surface area contributed by atoms with E-state index in [0.29, 0.717) is 11.3 Å². The molecule has 1 N–H and O–H groups in total. The van der Waals surface area contributed by atoms with Crippen LogP contribution in [0.4, 0.5) is 0 Å². The van der Waals surface area contributed by atoms with Crippen molar-refractivity contribution < 1.29 is 4.74 Å². The monoisotopic (exact) mass is 261 g/mol. The van der Waals surface area contributed by atoms with Crippen LogP contribution in [0.3, 0.4) is 0 Å². The Morgan fingerprint density at radius 2 is 2.11 bits per heavy atom. The van der Waals surface area contributed by atoms with E-state index >= 15 is 0 Å². The first-order valence-electron chi connectivity index (χ1n) is 7.61. The second-order valence-corrected chi connectivity index (χ2v) is 6.09. The third-order valence-corrected chi connectivity index (χ3v) is 4.19. The molecule has 1 aliphatic heterocycles. The zero-order chi connectivity index (χ0) is 13.7. The summed E-state index contributed by atoms with van der Waals surface area (Å²) >= 11 is 0. The van der Waals surface area contributed by atoms with Crippen molar-refractivity contribution >= 4 is 0 Å². The Balaban J connectivity index is 2.06. The number of nitrogens with one attached hydrogen (secondary N) is 1. The number of ether oxygens (including phenoxy) is 1. The molecule has 0 amide bonds. The van der Waals surface area contributed by atoms with Gasteiger partial charge < -0.3 is 10.1 Å². The summed E-state index contributed by atoms with van der Waals surface area (Å²) in [7, 11) is 0. The molecule has 0 aromatic heterocycles. The van der Waals surface area contributed by atoms with E-state index in [4.69, 9.17) is 4.74 Å². The van der Waals surface area contributed by atoms with Crippen molar-refractivity contribution in [3.8, 4) is 5.75 Å². The summed E-state index contributed by atoms with van der Waals surface area (Å²) < 4.78 is 5.82. The molecule has 0 spiro atoms. The summed E-state index contributed by atoms with van der Waals surface area (Å²) in [6.45, 7) is 9.89. The van der Waals surface area contributed by atoms with Crippen molar-refractivity contribution in [2.45, 2.75) is 46.0 Å². The van der Waals surface area contributed by atoms with E-state index in [9.17, 15) is 0 Å². The largest absolute Gasteiger partial charge is 0.493 e. The summed E-state index contributed by atoms with van der Waals surface area (Å²) in [6, 6.07) is 8.51. The topological polar surface area (TPSA) is 21.3 Å². The maximum atomic E-state index is 5.82. The summed E-state index contributed by atoms with van der Waals surface area (Å²) in [5, 5.41) is 3.53. The van der Waals surface area contributed by atoms with E-state index in [1.54, 1.807) is 0 Å². The summed E-state index contributed by atoms with van der Waals surface area (Å²) in [6.07, 6.45) is 3.74. The van der Waals surface area contributed by atoms with Gasteiger partial charge >= 0.3 is 0 Å². The molecule has 1 aromatic rings. The summed E-state index contributed by atoms with van der Waals surface area (Å²) in [5.41, 5.74) is 1.78. The smallest absolute Gasteiger partial charge is 0.122 e. The first kappa shape index (κ1) is 14.4. The van der Waals surface area contributed by atoms with Crippen LogP contribution in [0.1, 0.15) is 51.5 Å². The molecule has 0 fully saturated rings. The van der Waals surface area contributed by atoms with Gasteiger partial charge in [0.25, 0.3) is 0 Å². The Morgan fingerprint density at radius 3 is 2.84 bits per heavy atom. The Bertz CT molecular complexity index is 404. The van der Waals surface area contributed by atoms with Crippen molar-refractivity contribution in [3.63, 3.8) is 0 Å². The van der Waals surface area contributed by atoms with Crippen molar-refractivity contribution in [3.05, 3.63) is 29.8 Å². The van der Waals surface area contributed by atoms with Crippen LogP contribution in [0.15, 0.2) is 24.3 Å². The molecular weight excluding hydrogens is 234 g/mol. The highest BCUT2D eigenvalue weighted by Gasteiger charge is 2.32. The number of rotatable bonds is 7. The minimum absolute atomic E-state index is 0.371. The molecular formula is C17H27NO. The van der Waals surface area contributed by atoms with Crippen LogP contribution in [-0.4, -0.2) is 19.7 Å². The molecule has 1 aliphatic rings. The highest BCUT2D eigenvalue weighted by Crippen LogP contribution is 2.42. The molecule has 2 rings (SSSR count). The minimum atomic E-state index is 0.371. The van der Waals surface area contributed by atoms with Crippen LogP contribution >= 0.6 is 0 Å². The number of para-hydroxylation sites is 1. The second-order valence-electron chi connectivity index (χ2n) is 6.09. The van der Waals surface area contributed by atoms with Crippen molar-refractivity contribution in [2.24, 2.45) is 5.41 Å². The molecule has 0 aliphatic carbocycles. The maximum absolute atomic E-state index is 5.82. The van der Waals surface area contributed by atoms with Crippen molar-refractivity contribution in [1.82, 2.24) is 5.32 Å². The molecule has 1 aromatic carbocycles. The first-order valence-corrected chi connectivity index (χ1v) is 7.61. The van der Waals surface area contributed by atoms with Crippen LogP contribution in [0.5, 0.6) is 5.75 Å². The lowest BCUT2D eigenvalue weighted by atomic mass is 9.76. The number of hydrogen-bond acceptors (Lipinski definition) is 2. The highest BCUT2D eigenvalue weighted by atomic mass is 16.5. The van der Waals surface area contributed by atoms with Crippen LogP contribution in [0.2, 0.25) is 0 Å². The SMILES string of the molecule is CCCC(C)(CNCC)CC1COc2ccccc21. The Hall–Kier alpha value is -1.02. The lowest BCUT2D eigenvalue weighted by Crippen LogP contribution is -2.33. The fourth-order valence-electron chi connectivity index (χ4n) is 3.29. The molecule has 2 heteroatoms. The van der Waals surface area contributed by atoms with Gasteiger partial charge in [0.2, 0.25) is 0 Å². The van der Waals surface area contributed by atoms with Gasteiger partial charge in [-0.15, -0.1) is 0 Å².